The van der Waals surface area contributed by atoms with Crippen molar-refractivity contribution in [3.63, 3.8) is 0 Å². The van der Waals surface area contributed by atoms with Gasteiger partial charge in [-0.3, -0.25) is 0 Å². The molecule has 1 aromatic heterocycles. The summed E-state index contributed by atoms with van der Waals surface area (Å²) in [6.07, 6.45) is 1.61. The van der Waals surface area contributed by atoms with Gasteiger partial charge in [-0.15, -0.1) is 10.2 Å². The number of aryl methyl sites for hydroxylation is 1. The molecule has 1 aromatic rings. The molecule has 2 radical (unpaired) electrons. The van der Waals surface area contributed by atoms with Gasteiger partial charge < -0.3 is 4.57 Å². The molecule has 4 heteroatoms. The van der Waals surface area contributed by atoms with E-state index in [-0.39, 0.29) is 0 Å². The lowest BCUT2D eigenvalue weighted by atomic mass is 10.1. The van der Waals surface area contributed by atoms with Crippen LogP contribution in [0.2, 0.25) is 0 Å². The Bertz CT molecular complexity index is 172. The number of hydrogen-bond donors (Lipinski definition) is 0. The van der Waals surface area contributed by atoms with Gasteiger partial charge in [-0.05, 0) is 6.92 Å². The second kappa shape index (κ2) is 1.98. The SMILES string of the molecule is [B]c1nncn1CC. The molecule has 0 aliphatic heterocycles. The first-order valence-corrected chi connectivity index (χ1v) is 2.48. The summed E-state index contributed by atoms with van der Waals surface area (Å²) in [7, 11) is 5.34. The van der Waals surface area contributed by atoms with Crippen molar-refractivity contribution >= 4 is 13.6 Å². The summed E-state index contributed by atoms with van der Waals surface area (Å²) in [6.45, 7) is 2.82. The van der Waals surface area contributed by atoms with Crippen LogP contribution in [-0.4, -0.2) is 22.6 Å². The molecule has 0 saturated heterocycles. The summed E-state index contributed by atoms with van der Waals surface area (Å²) < 4.78 is 1.76. The van der Waals surface area contributed by atoms with E-state index in [0.29, 0.717) is 5.72 Å². The quantitative estimate of drug-likeness (QED) is 0.435. The molecule has 0 spiro atoms. The van der Waals surface area contributed by atoms with Crippen molar-refractivity contribution in [2.45, 2.75) is 13.5 Å². The predicted molar refractivity (Wildman–Crippen MR) is 31.1 cm³/mol. The van der Waals surface area contributed by atoms with Gasteiger partial charge in [-0.1, -0.05) is 0 Å². The maximum atomic E-state index is 5.34. The summed E-state index contributed by atoms with van der Waals surface area (Å²) in [5.41, 5.74) is 0.479. The van der Waals surface area contributed by atoms with Gasteiger partial charge in [0.05, 0.1) is 5.72 Å². The Labute approximate surface area is 49.1 Å². The van der Waals surface area contributed by atoms with Crippen LogP contribution >= 0.6 is 0 Å². The molecule has 8 heavy (non-hydrogen) atoms. The van der Waals surface area contributed by atoms with Crippen LogP contribution < -0.4 is 5.72 Å². The van der Waals surface area contributed by atoms with Crippen molar-refractivity contribution in [2.24, 2.45) is 0 Å². The highest BCUT2D eigenvalue weighted by molar-refractivity contribution is 6.29. The van der Waals surface area contributed by atoms with Gasteiger partial charge in [0.15, 0.2) is 7.85 Å². The van der Waals surface area contributed by atoms with Crippen molar-refractivity contribution < 1.29 is 0 Å². The Morgan fingerprint density at radius 1 is 1.88 bits per heavy atom. The second-order valence-corrected chi connectivity index (χ2v) is 1.48. The molecule has 40 valence electrons. The predicted octanol–water partition coefficient (Wildman–Crippen LogP) is -0.908. The van der Waals surface area contributed by atoms with E-state index in [1.165, 1.54) is 0 Å². The number of hydrogen-bond acceptors (Lipinski definition) is 2. The summed E-state index contributed by atoms with van der Waals surface area (Å²) in [4.78, 5) is 0. The number of rotatable bonds is 1. The fraction of sp³-hybridized carbons (Fsp3) is 0.500. The fourth-order valence-electron chi connectivity index (χ4n) is 0.508. The summed E-state index contributed by atoms with van der Waals surface area (Å²) in [6, 6.07) is 0. The van der Waals surface area contributed by atoms with E-state index in [0.717, 1.165) is 6.54 Å². The summed E-state index contributed by atoms with van der Waals surface area (Å²) in [5, 5.41) is 7.16. The highest BCUT2D eigenvalue weighted by Crippen LogP contribution is 1.73. The summed E-state index contributed by atoms with van der Waals surface area (Å²) >= 11 is 0. The Morgan fingerprint density at radius 2 is 2.62 bits per heavy atom. The first-order chi connectivity index (χ1) is 3.84. The zero-order valence-corrected chi connectivity index (χ0v) is 4.70. The number of nitrogens with zero attached hydrogens (tertiary/aromatic N) is 3. The highest BCUT2D eigenvalue weighted by atomic mass is 15.2. The average Bonchev–Trinajstić information content (AvgIpc) is 2.14. The molecule has 0 saturated carbocycles. The van der Waals surface area contributed by atoms with Crippen molar-refractivity contribution in [2.75, 3.05) is 0 Å². The van der Waals surface area contributed by atoms with E-state index in [9.17, 15) is 0 Å². The van der Waals surface area contributed by atoms with Crippen LogP contribution in [0.3, 0.4) is 0 Å². The van der Waals surface area contributed by atoms with Crippen LogP contribution in [0.15, 0.2) is 6.33 Å². The Balaban J connectivity index is 2.92. The monoisotopic (exact) mass is 107 g/mol. The van der Waals surface area contributed by atoms with Gasteiger partial charge in [-0.25, -0.2) is 0 Å². The van der Waals surface area contributed by atoms with Crippen LogP contribution in [0.25, 0.3) is 0 Å². The normalized spacial score (nSPS) is 9.62. The van der Waals surface area contributed by atoms with Crippen molar-refractivity contribution in [3.05, 3.63) is 6.33 Å². The van der Waals surface area contributed by atoms with E-state index in [1.807, 2.05) is 6.92 Å². The largest absolute Gasteiger partial charge is 0.327 e. The first-order valence-electron chi connectivity index (χ1n) is 2.48. The highest BCUT2D eigenvalue weighted by Gasteiger charge is 1.90. The molecular weight excluding hydrogens is 101 g/mol. The van der Waals surface area contributed by atoms with Crippen LogP contribution in [0.4, 0.5) is 0 Å². The maximum absolute atomic E-state index is 5.34. The topological polar surface area (TPSA) is 30.7 Å². The Kier molecular flexibility index (Phi) is 1.33. The molecule has 0 aromatic carbocycles. The fourth-order valence-corrected chi connectivity index (χ4v) is 0.508. The molecule has 0 atom stereocenters. The van der Waals surface area contributed by atoms with Crippen molar-refractivity contribution in [3.8, 4) is 0 Å². The van der Waals surface area contributed by atoms with Gasteiger partial charge in [0, 0.05) is 6.54 Å². The molecule has 0 bridgehead atoms. The minimum Gasteiger partial charge on any atom is -0.327 e. The lowest BCUT2D eigenvalue weighted by Gasteiger charge is -1.93. The Hall–Kier alpha value is -0.795. The third-order valence-corrected chi connectivity index (χ3v) is 0.986. The van der Waals surface area contributed by atoms with Gasteiger partial charge in [0.25, 0.3) is 0 Å². The smallest absolute Gasteiger partial charge is 0.170 e. The van der Waals surface area contributed by atoms with E-state index >= 15 is 0 Å². The van der Waals surface area contributed by atoms with E-state index in [1.54, 1.807) is 10.9 Å². The van der Waals surface area contributed by atoms with Crippen LogP contribution in [-0.2, 0) is 6.54 Å². The molecule has 0 aliphatic rings. The zero-order chi connectivity index (χ0) is 5.98. The minimum absolute atomic E-state index is 0.479. The molecule has 1 rings (SSSR count). The van der Waals surface area contributed by atoms with Gasteiger partial charge in [0.1, 0.15) is 6.33 Å². The third kappa shape index (κ3) is 0.733. The molecule has 0 unspecified atom stereocenters. The van der Waals surface area contributed by atoms with E-state index in [2.05, 4.69) is 10.2 Å². The van der Waals surface area contributed by atoms with Gasteiger partial charge in [0.2, 0.25) is 0 Å². The molecule has 0 amide bonds. The first kappa shape index (κ1) is 5.34. The second-order valence-electron chi connectivity index (χ2n) is 1.48. The van der Waals surface area contributed by atoms with Crippen LogP contribution in [0, 0.1) is 0 Å². The number of aromatic nitrogens is 3. The zero-order valence-electron chi connectivity index (χ0n) is 4.70. The molecule has 1 heterocycles. The third-order valence-electron chi connectivity index (χ3n) is 0.986. The van der Waals surface area contributed by atoms with E-state index in [4.69, 9.17) is 7.85 Å². The molecule has 0 aliphatic carbocycles. The maximum Gasteiger partial charge on any atom is 0.170 e. The van der Waals surface area contributed by atoms with Crippen LogP contribution in [0.5, 0.6) is 0 Å². The molecule has 0 fully saturated rings. The van der Waals surface area contributed by atoms with Crippen molar-refractivity contribution in [1.29, 1.82) is 0 Å². The minimum atomic E-state index is 0.479. The van der Waals surface area contributed by atoms with Crippen molar-refractivity contribution in [1.82, 2.24) is 14.8 Å². The lowest BCUT2D eigenvalue weighted by molar-refractivity contribution is 0.780. The summed E-state index contributed by atoms with van der Waals surface area (Å²) in [5.74, 6) is 0. The Morgan fingerprint density at radius 3 is 2.88 bits per heavy atom. The standard InChI is InChI=1S/C4H6BN3/c1-2-8-3-6-7-4(8)5/h3H,2H2,1H3. The molecule has 3 nitrogen and oxygen atoms in total. The van der Waals surface area contributed by atoms with Gasteiger partial charge >= 0.3 is 0 Å². The molecular formula is C4H6BN3. The van der Waals surface area contributed by atoms with Gasteiger partial charge in [-0.2, -0.15) is 0 Å². The van der Waals surface area contributed by atoms with Crippen LogP contribution in [0.1, 0.15) is 6.92 Å². The lowest BCUT2D eigenvalue weighted by Crippen LogP contribution is -2.17. The molecule has 0 N–H and O–H groups in total. The van der Waals surface area contributed by atoms with E-state index < -0.39 is 0 Å². The average molecular weight is 107 g/mol.